The first-order valence-electron chi connectivity index (χ1n) is 6.49. The second-order valence-electron chi connectivity index (χ2n) is 6.26. The van der Waals surface area contributed by atoms with Gasteiger partial charge < -0.3 is 0 Å². The molecule has 0 aromatic heterocycles. The minimum absolute atomic E-state index is 1.03. The molecule has 0 fully saturated rings. The highest BCUT2D eigenvalue weighted by Crippen LogP contribution is 2.25. The summed E-state index contributed by atoms with van der Waals surface area (Å²) in [6, 6.07) is 0. The Morgan fingerprint density at radius 1 is 0.727 bits per heavy atom. The van der Waals surface area contributed by atoms with Gasteiger partial charge in [-0.25, -0.2) is 0 Å². The van der Waals surface area contributed by atoms with Gasteiger partial charge in [-0.05, 0) is 53.4 Å². The lowest BCUT2D eigenvalue weighted by atomic mass is 9.89. The van der Waals surface area contributed by atoms with E-state index in [0.717, 1.165) is 0 Å². The average Bonchev–Trinajstić information content (AvgIpc) is 2.30. The van der Waals surface area contributed by atoms with Crippen LogP contribution >= 0.6 is 0 Å². The highest BCUT2D eigenvalue weighted by Gasteiger charge is 2.34. The fourth-order valence-corrected chi connectivity index (χ4v) is 2.94. The predicted octanol–water partition coefficient (Wildman–Crippen LogP) is 1.60. The van der Waals surface area contributed by atoms with Crippen molar-refractivity contribution in [2.75, 3.05) is 0 Å². The summed E-state index contributed by atoms with van der Waals surface area (Å²) >= 11 is 0. The normalized spacial score (nSPS) is 15.8. The summed E-state index contributed by atoms with van der Waals surface area (Å²) in [6.07, 6.45) is 0. The van der Waals surface area contributed by atoms with Gasteiger partial charge in [0.25, 0.3) is 20.2 Å². The topological polar surface area (TPSA) is 109 Å². The zero-order chi connectivity index (χ0) is 18.0. The standard InChI is InChI=1S/C14H22O6S2/c1-11(21(15,16)17)13(3,4)9-7-8-10-14(5,6)12(2)22(18,19)20/h11-12H,1-6H3,(H,15,16,17)(H,18,19,20). The molecule has 0 saturated carbocycles. The van der Waals surface area contributed by atoms with Crippen molar-refractivity contribution < 1.29 is 25.9 Å². The Labute approximate surface area is 133 Å². The van der Waals surface area contributed by atoms with Crippen molar-refractivity contribution in [1.29, 1.82) is 0 Å². The third-order valence-electron chi connectivity index (χ3n) is 3.76. The van der Waals surface area contributed by atoms with Crippen molar-refractivity contribution in [3.05, 3.63) is 0 Å². The first-order valence-corrected chi connectivity index (χ1v) is 9.49. The van der Waals surface area contributed by atoms with Crippen LogP contribution in [-0.2, 0) is 20.2 Å². The molecule has 0 spiro atoms. The first-order chi connectivity index (χ1) is 9.52. The molecule has 0 heterocycles. The van der Waals surface area contributed by atoms with Crippen molar-refractivity contribution in [1.82, 2.24) is 0 Å². The number of hydrogen-bond donors (Lipinski definition) is 2. The van der Waals surface area contributed by atoms with E-state index in [1.54, 1.807) is 27.7 Å². The Balaban J connectivity index is 5.39. The van der Waals surface area contributed by atoms with Crippen molar-refractivity contribution in [2.24, 2.45) is 10.8 Å². The van der Waals surface area contributed by atoms with E-state index < -0.39 is 41.6 Å². The Hall–Kier alpha value is -1.06. The summed E-state index contributed by atoms with van der Waals surface area (Å²) in [7, 11) is -8.44. The van der Waals surface area contributed by atoms with Crippen LogP contribution in [0.4, 0.5) is 0 Å². The fourth-order valence-electron chi connectivity index (χ4n) is 1.33. The molecule has 2 atom stereocenters. The van der Waals surface area contributed by atoms with Gasteiger partial charge in [0.05, 0.1) is 10.5 Å². The molecule has 0 aromatic rings. The van der Waals surface area contributed by atoms with E-state index in [9.17, 15) is 16.8 Å². The van der Waals surface area contributed by atoms with Gasteiger partial charge in [-0.3, -0.25) is 9.11 Å². The van der Waals surface area contributed by atoms with Gasteiger partial charge >= 0.3 is 0 Å². The predicted molar refractivity (Wildman–Crippen MR) is 85.1 cm³/mol. The lowest BCUT2D eigenvalue weighted by Gasteiger charge is -2.23. The summed E-state index contributed by atoms with van der Waals surface area (Å²) in [5.74, 6) is 10.2. The van der Waals surface area contributed by atoms with Crippen molar-refractivity contribution in [3.63, 3.8) is 0 Å². The summed E-state index contributed by atoms with van der Waals surface area (Å²) in [5.41, 5.74) is -2.05. The van der Waals surface area contributed by atoms with Crippen LogP contribution in [0.5, 0.6) is 0 Å². The van der Waals surface area contributed by atoms with E-state index in [4.69, 9.17) is 9.11 Å². The van der Waals surface area contributed by atoms with Gasteiger partial charge in [0.15, 0.2) is 0 Å². The summed E-state index contributed by atoms with van der Waals surface area (Å²) in [5, 5.41) is -2.20. The van der Waals surface area contributed by atoms with Gasteiger partial charge in [0.2, 0.25) is 0 Å². The van der Waals surface area contributed by atoms with Gasteiger partial charge in [0.1, 0.15) is 0 Å². The molecule has 0 aromatic carbocycles. The number of hydrogen-bond acceptors (Lipinski definition) is 4. The maximum absolute atomic E-state index is 11.1. The van der Waals surface area contributed by atoms with Crippen LogP contribution in [0.2, 0.25) is 0 Å². The van der Waals surface area contributed by atoms with Crippen LogP contribution in [0.3, 0.4) is 0 Å². The van der Waals surface area contributed by atoms with E-state index in [2.05, 4.69) is 23.7 Å². The average molecular weight is 350 g/mol. The molecule has 0 bridgehead atoms. The Kier molecular flexibility index (Phi) is 6.27. The van der Waals surface area contributed by atoms with Crippen LogP contribution < -0.4 is 0 Å². The molecule has 8 heteroatoms. The van der Waals surface area contributed by atoms with Crippen molar-refractivity contribution in [2.45, 2.75) is 52.0 Å². The van der Waals surface area contributed by atoms with E-state index in [1.807, 2.05) is 0 Å². The minimum atomic E-state index is -4.22. The van der Waals surface area contributed by atoms with Gasteiger partial charge in [-0.1, -0.05) is 11.8 Å². The molecule has 0 rings (SSSR count). The first kappa shape index (κ1) is 20.9. The van der Waals surface area contributed by atoms with Crippen LogP contribution in [-0.4, -0.2) is 36.4 Å². The second-order valence-corrected chi connectivity index (χ2v) is 9.73. The quantitative estimate of drug-likeness (QED) is 0.589. The SMILES string of the molecule is CC(C(C)(C)C#CC#CC(C)(C)C(C)S(=O)(=O)O)S(=O)(=O)O. The lowest BCUT2D eigenvalue weighted by molar-refractivity contribution is 0.409. The smallest absolute Gasteiger partial charge is 0.268 e. The van der Waals surface area contributed by atoms with Gasteiger partial charge in [-0.2, -0.15) is 16.8 Å². The molecule has 0 amide bonds. The molecule has 0 aliphatic carbocycles. The Morgan fingerprint density at radius 2 is 0.955 bits per heavy atom. The Morgan fingerprint density at radius 3 is 1.14 bits per heavy atom. The second kappa shape index (κ2) is 6.59. The molecule has 2 unspecified atom stereocenters. The summed E-state index contributed by atoms with van der Waals surface area (Å²) in [4.78, 5) is 0. The van der Waals surface area contributed by atoms with Crippen LogP contribution in [0, 0.1) is 34.5 Å². The molecule has 0 radical (unpaired) electrons. The largest absolute Gasteiger partial charge is 0.285 e. The van der Waals surface area contributed by atoms with E-state index in [1.165, 1.54) is 13.8 Å². The monoisotopic (exact) mass is 350 g/mol. The fraction of sp³-hybridized carbons (Fsp3) is 0.714. The molecule has 0 saturated heterocycles. The summed E-state index contributed by atoms with van der Waals surface area (Å²) < 4.78 is 62.6. The molecule has 22 heavy (non-hydrogen) atoms. The maximum Gasteiger partial charge on any atom is 0.268 e. The van der Waals surface area contributed by atoms with Gasteiger partial charge in [-0.15, -0.1) is 0 Å². The lowest BCUT2D eigenvalue weighted by Crippen LogP contribution is -2.33. The van der Waals surface area contributed by atoms with Gasteiger partial charge in [0, 0.05) is 10.8 Å². The van der Waals surface area contributed by atoms with Crippen molar-refractivity contribution in [3.8, 4) is 23.7 Å². The van der Waals surface area contributed by atoms with E-state index in [-0.39, 0.29) is 0 Å². The zero-order valence-corrected chi connectivity index (χ0v) is 15.1. The number of rotatable bonds is 4. The summed E-state index contributed by atoms with van der Waals surface area (Å²) in [6.45, 7) is 8.86. The molecule has 6 nitrogen and oxygen atoms in total. The maximum atomic E-state index is 11.1. The third-order valence-corrected chi connectivity index (χ3v) is 6.72. The van der Waals surface area contributed by atoms with E-state index in [0.29, 0.717) is 0 Å². The molecule has 126 valence electrons. The van der Waals surface area contributed by atoms with Crippen LogP contribution in [0.25, 0.3) is 0 Å². The molecular formula is C14H22O6S2. The molecule has 0 aliphatic rings. The zero-order valence-electron chi connectivity index (χ0n) is 13.5. The van der Waals surface area contributed by atoms with Crippen molar-refractivity contribution >= 4 is 20.2 Å². The van der Waals surface area contributed by atoms with E-state index >= 15 is 0 Å². The van der Waals surface area contributed by atoms with Crippen LogP contribution in [0.1, 0.15) is 41.5 Å². The highest BCUT2D eigenvalue weighted by molar-refractivity contribution is 7.86. The third kappa shape index (κ3) is 5.98. The van der Waals surface area contributed by atoms with Crippen LogP contribution in [0.15, 0.2) is 0 Å². The highest BCUT2D eigenvalue weighted by atomic mass is 32.2. The molecule has 2 N–H and O–H groups in total. The minimum Gasteiger partial charge on any atom is -0.285 e. The Bertz CT molecular complexity index is 671. The molecular weight excluding hydrogens is 328 g/mol. The molecule has 0 aliphatic heterocycles.